The molecule has 2 aliphatic heterocycles. The molecule has 3 rings (SSSR count). The normalized spacial score (nSPS) is 28.9. The Morgan fingerprint density at radius 2 is 1.96 bits per heavy atom. The lowest BCUT2D eigenvalue weighted by Gasteiger charge is -2.48. The van der Waals surface area contributed by atoms with Crippen LogP contribution >= 0.6 is 11.8 Å². The predicted octanol–water partition coefficient (Wildman–Crippen LogP) is 0.671. The molecule has 8 nitrogen and oxygen atoms in total. The average Bonchev–Trinajstić information content (AvgIpc) is 2.83. The van der Waals surface area contributed by atoms with Crippen LogP contribution in [0.3, 0.4) is 0 Å². The van der Waals surface area contributed by atoms with Gasteiger partial charge in [0, 0.05) is 7.11 Å². The van der Waals surface area contributed by atoms with Gasteiger partial charge in [0.2, 0.25) is 0 Å². The third-order valence-electron chi connectivity index (χ3n) is 4.63. The maximum atomic E-state index is 12.5. The molecule has 140 valence electrons. The van der Waals surface area contributed by atoms with Crippen molar-refractivity contribution in [2.24, 2.45) is 0 Å². The topological polar surface area (TPSA) is 105 Å². The van der Waals surface area contributed by atoms with Crippen LogP contribution in [0.4, 0.5) is 0 Å². The van der Waals surface area contributed by atoms with Crippen molar-refractivity contribution in [3.63, 3.8) is 0 Å². The maximum Gasteiger partial charge on any atom is 0.359 e. The van der Waals surface area contributed by atoms with Crippen molar-refractivity contribution in [2.75, 3.05) is 13.7 Å². The smallest absolute Gasteiger partial charge is 0.359 e. The minimum atomic E-state index is -1.76. The number of methoxy groups -OCH3 is 1. The first-order chi connectivity index (χ1) is 12.2. The summed E-state index contributed by atoms with van der Waals surface area (Å²) in [7, 11) is 1.27. The molecule has 0 bridgehead atoms. The molecule has 2 amide bonds. The number of rotatable bonds is 6. The van der Waals surface area contributed by atoms with Gasteiger partial charge in [0.25, 0.3) is 17.5 Å². The zero-order valence-electron chi connectivity index (χ0n) is 14.6. The van der Waals surface area contributed by atoms with Crippen molar-refractivity contribution < 1.29 is 29.0 Å². The van der Waals surface area contributed by atoms with E-state index in [1.807, 2.05) is 6.07 Å². The Kier molecular flexibility index (Phi) is 4.61. The quantitative estimate of drug-likeness (QED) is 0.699. The summed E-state index contributed by atoms with van der Waals surface area (Å²) in [5.74, 6) is -1.61. The summed E-state index contributed by atoms with van der Waals surface area (Å²) in [5, 5.41) is 11.8. The van der Waals surface area contributed by atoms with Gasteiger partial charge in [-0.2, -0.15) is 0 Å². The Balaban J connectivity index is 1.67. The highest BCUT2D eigenvalue weighted by atomic mass is 32.2. The number of benzene rings is 1. The first-order valence-corrected chi connectivity index (χ1v) is 8.89. The number of thioether (sulfide) groups is 1. The number of fused-ring (bicyclic) bond motifs is 1. The Bertz CT molecular complexity index is 740. The number of aliphatic carboxylic acids is 1. The number of para-hydroxylation sites is 1. The summed E-state index contributed by atoms with van der Waals surface area (Å²) < 4.78 is 9.77. The molecule has 0 radical (unpaired) electrons. The highest BCUT2D eigenvalue weighted by Gasteiger charge is 2.74. The number of carbonyl (C=O) groups is 3. The molecule has 3 atom stereocenters. The summed E-state index contributed by atoms with van der Waals surface area (Å²) >= 11 is 1.29. The van der Waals surface area contributed by atoms with Gasteiger partial charge in [-0.15, -0.1) is 11.8 Å². The van der Waals surface area contributed by atoms with Crippen LogP contribution in [0, 0.1) is 0 Å². The lowest BCUT2D eigenvalue weighted by molar-refractivity contribution is -0.211. The molecule has 0 aliphatic carbocycles. The highest BCUT2D eigenvalue weighted by Crippen LogP contribution is 2.57. The van der Waals surface area contributed by atoms with Gasteiger partial charge in [0.05, 0.1) is 4.75 Å². The molecule has 0 spiro atoms. The Morgan fingerprint density at radius 1 is 1.31 bits per heavy atom. The van der Waals surface area contributed by atoms with Gasteiger partial charge in [-0.1, -0.05) is 18.2 Å². The van der Waals surface area contributed by atoms with Crippen molar-refractivity contribution in [3.8, 4) is 5.75 Å². The number of ether oxygens (including phenoxy) is 2. The minimum Gasteiger partial charge on any atom is -0.484 e. The third-order valence-corrected chi connectivity index (χ3v) is 6.22. The van der Waals surface area contributed by atoms with Gasteiger partial charge in [-0.25, -0.2) is 4.79 Å². The second-order valence-electron chi connectivity index (χ2n) is 6.53. The Hall–Kier alpha value is -2.26. The molecule has 9 heteroatoms. The van der Waals surface area contributed by atoms with Crippen LogP contribution in [0.15, 0.2) is 30.3 Å². The van der Waals surface area contributed by atoms with E-state index < -0.39 is 39.7 Å². The van der Waals surface area contributed by atoms with E-state index in [1.54, 1.807) is 38.1 Å². The SMILES string of the molecule is CO[C@@]1(C(=O)O)N2C(=O)[C@H](NC(=O)COc3ccccc3)[C@H]2SC1(C)C. The van der Waals surface area contributed by atoms with Crippen LogP contribution in [0.5, 0.6) is 5.75 Å². The fourth-order valence-corrected chi connectivity index (χ4v) is 5.11. The van der Waals surface area contributed by atoms with Crippen LogP contribution in [0.25, 0.3) is 0 Å². The number of carboxylic acid groups (broad SMARTS) is 1. The van der Waals surface area contributed by atoms with E-state index in [2.05, 4.69) is 5.32 Å². The second kappa shape index (κ2) is 6.48. The van der Waals surface area contributed by atoms with Gasteiger partial charge in [0.15, 0.2) is 6.61 Å². The maximum absolute atomic E-state index is 12.5. The van der Waals surface area contributed by atoms with E-state index in [1.165, 1.54) is 23.8 Å². The molecule has 26 heavy (non-hydrogen) atoms. The van der Waals surface area contributed by atoms with Gasteiger partial charge >= 0.3 is 5.97 Å². The lowest BCUT2D eigenvalue weighted by Crippen LogP contribution is -2.76. The van der Waals surface area contributed by atoms with Crippen LogP contribution < -0.4 is 10.1 Å². The van der Waals surface area contributed by atoms with E-state index in [0.29, 0.717) is 5.75 Å². The molecule has 2 N–H and O–H groups in total. The lowest BCUT2D eigenvalue weighted by atomic mass is 9.91. The number of β-lactam (4-membered cyclic amide) rings is 1. The second-order valence-corrected chi connectivity index (χ2v) is 8.27. The first kappa shape index (κ1) is 18.5. The highest BCUT2D eigenvalue weighted by molar-refractivity contribution is 8.01. The minimum absolute atomic E-state index is 0.233. The zero-order valence-corrected chi connectivity index (χ0v) is 15.4. The number of carbonyl (C=O) groups excluding carboxylic acids is 2. The molecule has 2 heterocycles. The number of hydrogen-bond acceptors (Lipinski definition) is 6. The molecule has 0 aromatic heterocycles. The first-order valence-electron chi connectivity index (χ1n) is 8.01. The number of nitrogens with zero attached hydrogens (tertiary/aromatic N) is 1. The summed E-state index contributed by atoms with van der Waals surface area (Å²) in [4.78, 5) is 37.7. The van der Waals surface area contributed by atoms with Crippen LogP contribution in [0.1, 0.15) is 13.8 Å². The number of carboxylic acids is 1. The van der Waals surface area contributed by atoms with Gasteiger partial charge in [-0.05, 0) is 26.0 Å². The van der Waals surface area contributed by atoms with Crippen LogP contribution in [0.2, 0.25) is 0 Å². The van der Waals surface area contributed by atoms with Crippen molar-refractivity contribution in [2.45, 2.75) is 35.7 Å². The molecule has 2 fully saturated rings. The van der Waals surface area contributed by atoms with Crippen molar-refractivity contribution in [3.05, 3.63) is 30.3 Å². The summed E-state index contributed by atoms with van der Waals surface area (Å²) in [6.07, 6.45) is 0. The molecule has 2 saturated heterocycles. The number of nitrogens with one attached hydrogen (secondary N) is 1. The molecule has 0 unspecified atom stereocenters. The number of amides is 2. The zero-order chi connectivity index (χ0) is 19.1. The van der Waals surface area contributed by atoms with E-state index in [9.17, 15) is 19.5 Å². The Labute approximate surface area is 154 Å². The van der Waals surface area contributed by atoms with E-state index in [4.69, 9.17) is 9.47 Å². The van der Waals surface area contributed by atoms with Crippen molar-refractivity contribution >= 4 is 29.5 Å². The third kappa shape index (κ3) is 2.62. The van der Waals surface area contributed by atoms with Crippen LogP contribution in [-0.4, -0.2) is 63.4 Å². The van der Waals surface area contributed by atoms with E-state index in [-0.39, 0.29) is 6.61 Å². The van der Waals surface area contributed by atoms with Crippen LogP contribution in [-0.2, 0) is 19.1 Å². The molecular weight excluding hydrogens is 360 g/mol. The Morgan fingerprint density at radius 3 is 2.54 bits per heavy atom. The summed E-state index contributed by atoms with van der Waals surface area (Å²) in [5.41, 5.74) is -1.76. The van der Waals surface area contributed by atoms with Gasteiger partial charge < -0.3 is 19.9 Å². The van der Waals surface area contributed by atoms with Gasteiger partial charge in [0.1, 0.15) is 17.2 Å². The van der Waals surface area contributed by atoms with E-state index >= 15 is 0 Å². The molecular formula is C17H20N2O6S. The molecule has 1 aromatic carbocycles. The summed E-state index contributed by atoms with van der Waals surface area (Å²) in [6.45, 7) is 3.18. The molecule has 0 saturated carbocycles. The molecule has 1 aromatic rings. The van der Waals surface area contributed by atoms with Gasteiger partial charge in [-0.3, -0.25) is 14.5 Å². The van der Waals surface area contributed by atoms with E-state index in [0.717, 1.165) is 0 Å². The predicted molar refractivity (Wildman–Crippen MR) is 93.5 cm³/mol. The average molecular weight is 380 g/mol. The monoisotopic (exact) mass is 380 g/mol. The standard InChI is InChI=1S/C17H20N2O6S/c1-16(2)17(24-3,15(22)23)19-13(21)12(14(19)26-16)18-11(20)9-25-10-7-5-4-6-8-10/h4-8,12,14H,9H2,1-3H3,(H,18,20)(H,22,23)/t12-,14+,17+/m0/s1. The van der Waals surface area contributed by atoms with Crippen molar-refractivity contribution in [1.29, 1.82) is 0 Å². The summed E-state index contributed by atoms with van der Waals surface area (Å²) in [6, 6.07) is 8.04. The fraction of sp³-hybridized carbons (Fsp3) is 0.471. The molecule has 2 aliphatic rings. The largest absolute Gasteiger partial charge is 0.484 e. The van der Waals surface area contributed by atoms with Crippen molar-refractivity contribution in [1.82, 2.24) is 10.2 Å². The number of hydrogen-bond donors (Lipinski definition) is 2. The fourth-order valence-electron chi connectivity index (χ4n) is 3.40.